The zero-order chi connectivity index (χ0) is 26.9. The van der Waals surface area contributed by atoms with E-state index in [0.29, 0.717) is 42.0 Å². The van der Waals surface area contributed by atoms with Gasteiger partial charge >= 0.3 is 0 Å². The Labute approximate surface area is 228 Å². The van der Waals surface area contributed by atoms with Gasteiger partial charge in [0.1, 0.15) is 17.8 Å². The summed E-state index contributed by atoms with van der Waals surface area (Å²) in [6, 6.07) is 9.98. The summed E-state index contributed by atoms with van der Waals surface area (Å²) in [4.78, 5) is 25.6. The van der Waals surface area contributed by atoms with Gasteiger partial charge in [-0.15, -0.1) is 0 Å². The topological polar surface area (TPSA) is 117 Å². The molecule has 208 valence electrons. The van der Waals surface area contributed by atoms with Crippen LogP contribution >= 0.6 is 0 Å². The SMILES string of the molecule is COc1ccc(-c2ccc3c(N4CCOC[C@@H]4C)nc(N4CCCC(C5NC(C)NO5)C4)nc3n2)cc1CO. The van der Waals surface area contributed by atoms with E-state index in [1.807, 2.05) is 24.3 Å². The summed E-state index contributed by atoms with van der Waals surface area (Å²) in [7, 11) is 1.60. The molecule has 3 aliphatic heterocycles. The van der Waals surface area contributed by atoms with Crippen LogP contribution in [0.4, 0.5) is 11.8 Å². The predicted octanol–water partition coefficient (Wildman–Crippen LogP) is 2.43. The zero-order valence-corrected chi connectivity index (χ0v) is 22.8. The zero-order valence-electron chi connectivity index (χ0n) is 22.8. The van der Waals surface area contributed by atoms with Gasteiger partial charge in [-0.1, -0.05) is 0 Å². The van der Waals surface area contributed by atoms with Crippen molar-refractivity contribution in [3.8, 4) is 17.0 Å². The van der Waals surface area contributed by atoms with Crippen molar-refractivity contribution < 1.29 is 19.4 Å². The number of hydrogen-bond donors (Lipinski definition) is 3. The predicted molar refractivity (Wildman–Crippen MR) is 148 cm³/mol. The van der Waals surface area contributed by atoms with E-state index in [4.69, 9.17) is 29.3 Å². The smallest absolute Gasteiger partial charge is 0.229 e. The molecule has 3 saturated heterocycles. The molecule has 11 heteroatoms. The van der Waals surface area contributed by atoms with Gasteiger partial charge in [-0.3, -0.25) is 10.2 Å². The molecule has 3 N–H and O–H groups in total. The van der Waals surface area contributed by atoms with E-state index in [1.54, 1.807) is 7.11 Å². The molecule has 11 nitrogen and oxygen atoms in total. The lowest BCUT2D eigenvalue weighted by molar-refractivity contribution is -0.0136. The molecule has 0 saturated carbocycles. The monoisotopic (exact) mass is 535 g/mol. The number of anilines is 2. The first-order chi connectivity index (χ1) is 19.0. The third kappa shape index (κ3) is 5.24. The van der Waals surface area contributed by atoms with Gasteiger partial charge in [0.25, 0.3) is 0 Å². The molecule has 4 atom stereocenters. The number of ether oxygens (including phenoxy) is 2. The van der Waals surface area contributed by atoms with Gasteiger partial charge in [-0.25, -0.2) is 4.98 Å². The van der Waals surface area contributed by atoms with E-state index in [2.05, 4.69) is 40.5 Å². The maximum Gasteiger partial charge on any atom is 0.229 e. The van der Waals surface area contributed by atoms with Crippen LogP contribution in [0.1, 0.15) is 32.3 Å². The van der Waals surface area contributed by atoms with Crippen molar-refractivity contribution in [2.75, 3.05) is 49.8 Å². The van der Waals surface area contributed by atoms with E-state index in [1.165, 1.54) is 0 Å². The number of aromatic nitrogens is 3. The second kappa shape index (κ2) is 11.2. The Hall–Kier alpha value is -3.09. The molecule has 5 heterocycles. The molecule has 1 aromatic carbocycles. The number of hydroxylamine groups is 1. The summed E-state index contributed by atoms with van der Waals surface area (Å²) in [5.41, 5.74) is 6.08. The fraction of sp³-hybridized carbons (Fsp3) is 0.536. The van der Waals surface area contributed by atoms with Crippen LogP contribution in [0, 0.1) is 5.92 Å². The lowest BCUT2D eigenvalue weighted by Crippen LogP contribution is -2.46. The third-order valence-electron chi connectivity index (χ3n) is 7.87. The third-order valence-corrected chi connectivity index (χ3v) is 7.87. The van der Waals surface area contributed by atoms with Crippen molar-refractivity contribution in [3.05, 3.63) is 35.9 Å². The highest BCUT2D eigenvalue weighted by Gasteiger charge is 2.34. The van der Waals surface area contributed by atoms with Crippen LogP contribution in [0.5, 0.6) is 5.75 Å². The molecule has 39 heavy (non-hydrogen) atoms. The molecule has 0 bridgehead atoms. The standard InChI is InChI=1S/C28H37N7O4/c1-17-16-38-12-11-35(17)26-22-7-8-23(19-6-9-24(37-3)21(13-19)15-36)30-25(22)31-28(32-26)34-10-4-5-20(14-34)27-29-18(2)33-39-27/h6-9,13,17-18,20,27,29,33,36H,4-5,10-12,14-16H2,1-3H3/t17-,18?,20?,27?/m0/s1. The summed E-state index contributed by atoms with van der Waals surface area (Å²) in [5, 5.41) is 14.2. The molecule has 6 rings (SSSR count). The van der Waals surface area contributed by atoms with Gasteiger partial charge in [0.15, 0.2) is 5.65 Å². The van der Waals surface area contributed by atoms with E-state index in [0.717, 1.165) is 54.9 Å². The molecule has 3 fully saturated rings. The minimum absolute atomic E-state index is 0.0393. The minimum atomic E-state index is -0.111. The van der Waals surface area contributed by atoms with Crippen LogP contribution in [0.2, 0.25) is 0 Å². The summed E-state index contributed by atoms with van der Waals surface area (Å²) in [5.74, 6) is 2.55. The first kappa shape index (κ1) is 26.1. The number of nitrogens with one attached hydrogen (secondary N) is 2. The number of methoxy groups -OCH3 is 1. The van der Waals surface area contributed by atoms with Crippen LogP contribution in [0.25, 0.3) is 22.3 Å². The van der Waals surface area contributed by atoms with Crippen molar-refractivity contribution in [2.45, 2.75) is 51.7 Å². The fourth-order valence-electron chi connectivity index (χ4n) is 5.77. The lowest BCUT2D eigenvalue weighted by atomic mass is 9.96. The highest BCUT2D eigenvalue weighted by atomic mass is 16.7. The van der Waals surface area contributed by atoms with Gasteiger partial charge in [-0.05, 0) is 57.0 Å². The minimum Gasteiger partial charge on any atom is -0.496 e. The Morgan fingerprint density at radius 2 is 2.03 bits per heavy atom. The number of aliphatic hydroxyl groups excluding tert-OH is 1. The number of benzene rings is 1. The van der Waals surface area contributed by atoms with Crippen LogP contribution in [-0.4, -0.2) is 78.5 Å². The fourth-order valence-corrected chi connectivity index (χ4v) is 5.77. The number of morpholine rings is 1. The lowest BCUT2D eigenvalue weighted by Gasteiger charge is -2.37. The summed E-state index contributed by atoms with van der Waals surface area (Å²) in [6.07, 6.45) is 2.21. The average molecular weight is 536 g/mol. The molecule has 3 aliphatic rings. The van der Waals surface area contributed by atoms with Crippen molar-refractivity contribution in [1.82, 2.24) is 25.7 Å². The van der Waals surface area contributed by atoms with Gasteiger partial charge in [-0.2, -0.15) is 15.4 Å². The van der Waals surface area contributed by atoms with Crippen LogP contribution in [0.15, 0.2) is 30.3 Å². The quantitative estimate of drug-likeness (QED) is 0.432. The molecular formula is C28H37N7O4. The number of aliphatic hydroxyl groups is 1. The highest BCUT2D eigenvalue weighted by molar-refractivity contribution is 5.90. The maximum atomic E-state index is 9.83. The molecule has 2 aromatic heterocycles. The van der Waals surface area contributed by atoms with Crippen LogP contribution in [0.3, 0.4) is 0 Å². The Balaban J connectivity index is 1.40. The Morgan fingerprint density at radius 1 is 1.13 bits per heavy atom. The number of piperidine rings is 1. The van der Waals surface area contributed by atoms with Crippen molar-refractivity contribution in [1.29, 1.82) is 0 Å². The van der Waals surface area contributed by atoms with E-state index in [-0.39, 0.29) is 25.0 Å². The number of pyridine rings is 1. The molecule has 3 unspecified atom stereocenters. The highest BCUT2D eigenvalue weighted by Crippen LogP contribution is 2.33. The van der Waals surface area contributed by atoms with Gasteiger partial charge in [0.2, 0.25) is 5.95 Å². The summed E-state index contributed by atoms with van der Waals surface area (Å²) >= 11 is 0. The summed E-state index contributed by atoms with van der Waals surface area (Å²) < 4.78 is 11.1. The van der Waals surface area contributed by atoms with E-state index >= 15 is 0 Å². The average Bonchev–Trinajstić information content (AvgIpc) is 3.42. The van der Waals surface area contributed by atoms with Crippen LogP contribution in [-0.2, 0) is 16.2 Å². The molecule has 0 amide bonds. The number of hydrogen-bond acceptors (Lipinski definition) is 11. The molecule has 0 radical (unpaired) electrons. The largest absolute Gasteiger partial charge is 0.496 e. The van der Waals surface area contributed by atoms with Gasteiger partial charge in [0, 0.05) is 36.7 Å². The number of nitrogens with zero attached hydrogens (tertiary/aromatic N) is 5. The first-order valence-electron chi connectivity index (χ1n) is 13.8. The molecular weight excluding hydrogens is 498 g/mol. The van der Waals surface area contributed by atoms with Crippen molar-refractivity contribution >= 4 is 22.8 Å². The van der Waals surface area contributed by atoms with E-state index in [9.17, 15) is 5.11 Å². The van der Waals surface area contributed by atoms with Crippen LogP contribution < -0.4 is 25.3 Å². The Bertz CT molecular complexity index is 1320. The number of rotatable bonds is 6. The Morgan fingerprint density at radius 3 is 2.79 bits per heavy atom. The second-order valence-electron chi connectivity index (χ2n) is 10.6. The molecule has 3 aromatic rings. The number of fused-ring (bicyclic) bond motifs is 1. The van der Waals surface area contributed by atoms with Crippen molar-refractivity contribution in [2.24, 2.45) is 5.92 Å². The van der Waals surface area contributed by atoms with Gasteiger partial charge in [0.05, 0.1) is 50.2 Å². The summed E-state index contributed by atoms with van der Waals surface area (Å²) in [6.45, 7) is 7.87. The maximum absolute atomic E-state index is 9.83. The van der Waals surface area contributed by atoms with Gasteiger partial charge < -0.3 is 24.4 Å². The normalized spacial score (nSPS) is 25.8. The first-order valence-corrected chi connectivity index (χ1v) is 13.8. The second-order valence-corrected chi connectivity index (χ2v) is 10.6. The molecule has 0 aliphatic carbocycles. The van der Waals surface area contributed by atoms with Crippen molar-refractivity contribution in [3.63, 3.8) is 0 Å². The Kier molecular flexibility index (Phi) is 7.50. The molecule has 0 spiro atoms. The van der Waals surface area contributed by atoms with E-state index < -0.39 is 0 Å².